The molecule has 0 spiro atoms. The van der Waals surface area contributed by atoms with Crippen LogP contribution < -0.4 is 4.72 Å². The van der Waals surface area contributed by atoms with Crippen LogP contribution in [0.2, 0.25) is 5.02 Å². The number of H-pyrrole nitrogens is 1. The molecule has 0 saturated heterocycles. The van der Waals surface area contributed by atoms with Crippen molar-refractivity contribution in [1.82, 2.24) is 9.88 Å². The molecule has 1 aliphatic heterocycles. The summed E-state index contributed by atoms with van der Waals surface area (Å²) in [5.74, 6) is 0. The average Bonchev–Trinajstić information content (AvgIpc) is 3.03. The van der Waals surface area contributed by atoms with Crippen LogP contribution in [-0.4, -0.2) is 31.9 Å². The molecule has 1 aromatic heterocycles. The van der Waals surface area contributed by atoms with Crippen molar-refractivity contribution in [3.63, 3.8) is 0 Å². The molecule has 0 bridgehead atoms. The predicted octanol–water partition coefficient (Wildman–Crippen LogP) is 4.76. The minimum atomic E-state index is -3.77. The third kappa shape index (κ3) is 3.27. The van der Waals surface area contributed by atoms with E-state index in [2.05, 4.69) is 21.7 Å². The van der Waals surface area contributed by atoms with Crippen molar-refractivity contribution in [2.24, 2.45) is 0 Å². The molecular weight excluding hydrogens is 406 g/mol. The number of sulfonamides is 1. The van der Waals surface area contributed by atoms with E-state index >= 15 is 0 Å². The number of likely N-dealkylation sites (N-methyl/N-ethyl adjacent to an activating group) is 1. The lowest BCUT2D eigenvalue weighted by Gasteiger charge is -2.22. The lowest BCUT2D eigenvalue weighted by atomic mass is 10.0. The first-order valence-corrected chi connectivity index (χ1v) is 11.3. The third-order valence-electron chi connectivity index (χ3n) is 5.51. The van der Waals surface area contributed by atoms with Crippen LogP contribution in [0.1, 0.15) is 11.3 Å². The van der Waals surface area contributed by atoms with Gasteiger partial charge in [-0.15, -0.1) is 0 Å². The Kier molecular flexibility index (Phi) is 4.31. The zero-order valence-corrected chi connectivity index (χ0v) is 17.4. The number of rotatable bonds is 3. The molecule has 0 atom stereocenters. The SMILES string of the molecule is CN1CCc2c([nH]c3ccc(NS(=O)(=O)c4cccc5ccc(Cl)cc45)cc23)C1. The molecule has 0 unspecified atom stereocenters. The number of hydrogen-bond acceptors (Lipinski definition) is 3. The molecule has 5 nitrogen and oxygen atoms in total. The Morgan fingerprint density at radius 2 is 1.93 bits per heavy atom. The minimum absolute atomic E-state index is 0.218. The smallest absolute Gasteiger partial charge is 0.262 e. The fourth-order valence-electron chi connectivity index (χ4n) is 4.10. The molecule has 2 heterocycles. The van der Waals surface area contributed by atoms with Gasteiger partial charge in [-0.25, -0.2) is 8.42 Å². The van der Waals surface area contributed by atoms with Gasteiger partial charge in [0.15, 0.2) is 0 Å². The van der Waals surface area contributed by atoms with E-state index in [1.54, 1.807) is 30.3 Å². The first-order valence-electron chi connectivity index (χ1n) is 9.44. The van der Waals surface area contributed by atoms with Gasteiger partial charge in [0, 0.05) is 45.8 Å². The van der Waals surface area contributed by atoms with Crippen molar-refractivity contribution in [2.45, 2.75) is 17.9 Å². The molecule has 3 aromatic carbocycles. The zero-order valence-electron chi connectivity index (χ0n) is 15.9. The van der Waals surface area contributed by atoms with Gasteiger partial charge in [0.1, 0.15) is 0 Å². The van der Waals surface area contributed by atoms with Gasteiger partial charge >= 0.3 is 0 Å². The largest absolute Gasteiger partial charge is 0.357 e. The van der Waals surface area contributed by atoms with Gasteiger partial charge in [0.25, 0.3) is 10.0 Å². The topological polar surface area (TPSA) is 65.2 Å². The van der Waals surface area contributed by atoms with Crippen LogP contribution in [0, 0.1) is 0 Å². The molecule has 148 valence electrons. The summed E-state index contributed by atoms with van der Waals surface area (Å²) in [6.07, 6.45) is 0.948. The van der Waals surface area contributed by atoms with Crippen molar-refractivity contribution in [3.05, 3.63) is 70.9 Å². The highest BCUT2D eigenvalue weighted by molar-refractivity contribution is 7.93. The molecule has 29 heavy (non-hydrogen) atoms. The minimum Gasteiger partial charge on any atom is -0.357 e. The summed E-state index contributed by atoms with van der Waals surface area (Å²) in [7, 11) is -1.66. The quantitative estimate of drug-likeness (QED) is 0.497. The van der Waals surface area contributed by atoms with Gasteiger partial charge in [0.05, 0.1) is 4.90 Å². The van der Waals surface area contributed by atoms with E-state index < -0.39 is 10.0 Å². The Balaban J connectivity index is 1.56. The molecule has 0 saturated carbocycles. The maximum Gasteiger partial charge on any atom is 0.262 e. The Morgan fingerprint density at radius 3 is 2.79 bits per heavy atom. The van der Waals surface area contributed by atoms with Crippen molar-refractivity contribution in [2.75, 3.05) is 18.3 Å². The molecule has 0 fully saturated rings. The van der Waals surface area contributed by atoms with Crippen LogP contribution in [0.15, 0.2) is 59.5 Å². The van der Waals surface area contributed by atoms with E-state index in [1.165, 1.54) is 11.3 Å². The summed E-state index contributed by atoms with van der Waals surface area (Å²) in [5.41, 5.74) is 4.07. The number of halogens is 1. The van der Waals surface area contributed by atoms with Crippen LogP contribution in [0.5, 0.6) is 0 Å². The first-order chi connectivity index (χ1) is 13.9. The Labute approximate surface area is 174 Å². The molecule has 7 heteroatoms. The average molecular weight is 426 g/mol. The van der Waals surface area contributed by atoms with Crippen molar-refractivity contribution in [1.29, 1.82) is 0 Å². The lowest BCUT2D eigenvalue weighted by Crippen LogP contribution is -2.26. The van der Waals surface area contributed by atoms with E-state index in [0.29, 0.717) is 16.1 Å². The number of aromatic amines is 1. The summed E-state index contributed by atoms with van der Waals surface area (Å²) in [5, 5.41) is 3.02. The zero-order chi connectivity index (χ0) is 20.2. The van der Waals surface area contributed by atoms with Crippen LogP contribution in [-0.2, 0) is 23.0 Å². The maximum absolute atomic E-state index is 13.2. The van der Waals surface area contributed by atoms with Gasteiger partial charge in [-0.1, -0.05) is 29.8 Å². The summed E-state index contributed by atoms with van der Waals surface area (Å²) >= 11 is 6.11. The molecule has 0 radical (unpaired) electrons. The van der Waals surface area contributed by atoms with Gasteiger partial charge in [-0.2, -0.15) is 0 Å². The van der Waals surface area contributed by atoms with Gasteiger partial charge in [0.2, 0.25) is 0 Å². The molecule has 0 aliphatic carbocycles. The monoisotopic (exact) mass is 425 g/mol. The van der Waals surface area contributed by atoms with E-state index in [9.17, 15) is 8.42 Å². The molecule has 1 aliphatic rings. The summed E-state index contributed by atoms with van der Waals surface area (Å²) in [6.45, 7) is 1.87. The van der Waals surface area contributed by atoms with E-state index in [-0.39, 0.29) is 4.90 Å². The van der Waals surface area contributed by atoms with Crippen molar-refractivity contribution < 1.29 is 8.42 Å². The Bertz CT molecular complexity index is 1360. The predicted molar refractivity (Wildman–Crippen MR) is 118 cm³/mol. The third-order valence-corrected chi connectivity index (χ3v) is 7.19. The summed E-state index contributed by atoms with van der Waals surface area (Å²) in [4.78, 5) is 5.95. The second-order valence-corrected chi connectivity index (χ2v) is 9.64. The van der Waals surface area contributed by atoms with Gasteiger partial charge < -0.3 is 9.88 Å². The molecule has 4 aromatic rings. The second-order valence-electron chi connectivity index (χ2n) is 7.56. The lowest BCUT2D eigenvalue weighted by molar-refractivity contribution is 0.310. The Morgan fingerprint density at radius 1 is 1.07 bits per heavy atom. The van der Waals surface area contributed by atoms with Crippen LogP contribution in [0.3, 0.4) is 0 Å². The van der Waals surface area contributed by atoms with Gasteiger partial charge in [-0.3, -0.25) is 4.72 Å². The van der Waals surface area contributed by atoms with Crippen molar-refractivity contribution >= 4 is 49.0 Å². The van der Waals surface area contributed by atoms with Crippen LogP contribution in [0.25, 0.3) is 21.7 Å². The second kappa shape index (κ2) is 6.76. The van der Waals surface area contributed by atoms with E-state index in [4.69, 9.17) is 11.6 Å². The molecule has 2 N–H and O–H groups in total. The summed E-state index contributed by atoms with van der Waals surface area (Å²) < 4.78 is 29.1. The molecule has 5 rings (SSSR count). The van der Waals surface area contributed by atoms with Crippen LogP contribution in [0.4, 0.5) is 5.69 Å². The highest BCUT2D eigenvalue weighted by Crippen LogP contribution is 2.31. The number of anilines is 1. The van der Waals surface area contributed by atoms with E-state index in [0.717, 1.165) is 35.8 Å². The number of fused-ring (bicyclic) bond motifs is 4. The van der Waals surface area contributed by atoms with Crippen LogP contribution >= 0.6 is 11.6 Å². The number of aromatic nitrogens is 1. The highest BCUT2D eigenvalue weighted by atomic mass is 35.5. The molecular formula is C22H20ClN3O2S. The maximum atomic E-state index is 13.2. The Hall–Kier alpha value is -2.54. The number of nitrogens with one attached hydrogen (secondary N) is 2. The molecule has 0 amide bonds. The fourth-order valence-corrected chi connectivity index (χ4v) is 5.54. The fraction of sp³-hybridized carbons (Fsp3) is 0.182. The first kappa shape index (κ1) is 18.5. The summed E-state index contributed by atoms with van der Waals surface area (Å²) in [6, 6.07) is 16.1. The van der Waals surface area contributed by atoms with E-state index in [1.807, 2.05) is 24.3 Å². The van der Waals surface area contributed by atoms with Gasteiger partial charge in [-0.05, 0) is 60.8 Å². The standard InChI is InChI=1S/C22H20ClN3O2S/c1-26-10-9-17-19-12-16(7-8-20(19)24-21(17)13-26)25-29(27,28)22-4-2-3-14-5-6-15(23)11-18(14)22/h2-8,11-12,24-25H,9-10,13H2,1H3. The normalized spacial score (nSPS) is 15.0. The number of benzene rings is 3. The number of hydrogen-bond donors (Lipinski definition) is 2. The number of nitrogens with zero attached hydrogens (tertiary/aromatic N) is 1. The van der Waals surface area contributed by atoms with Crippen molar-refractivity contribution in [3.8, 4) is 0 Å². The highest BCUT2D eigenvalue weighted by Gasteiger charge is 2.21.